The Bertz CT molecular complexity index is 1700. The predicted molar refractivity (Wildman–Crippen MR) is 340 cm³/mol. The van der Waals surface area contributed by atoms with E-state index in [9.17, 15) is 43.2 Å². The van der Waals surface area contributed by atoms with Gasteiger partial charge in [-0.25, -0.2) is 9.13 Å². The molecule has 0 aromatic carbocycles. The van der Waals surface area contributed by atoms with Crippen LogP contribution in [-0.2, 0) is 65.4 Å². The lowest BCUT2D eigenvalue weighted by Gasteiger charge is -2.21. The fourth-order valence-electron chi connectivity index (χ4n) is 9.75. The van der Waals surface area contributed by atoms with Gasteiger partial charge in [-0.05, 0) is 49.4 Å². The van der Waals surface area contributed by atoms with Crippen molar-refractivity contribution in [3.8, 4) is 0 Å². The van der Waals surface area contributed by atoms with Crippen molar-refractivity contribution in [3.05, 3.63) is 0 Å². The van der Waals surface area contributed by atoms with Crippen LogP contribution >= 0.6 is 15.6 Å². The van der Waals surface area contributed by atoms with E-state index in [1.165, 1.54) is 109 Å². The molecule has 3 N–H and O–H groups in total. The lowest BCUT2D eigenvalue weighted by molar-refractivity contribution is -0.161. The maximum atomic E-state index is 13.0. The summed E-state index contributed by atoms with van der Waals surface area (Å²) in [5.41, 5.74) is 0. The predicted octanol–water partition coefficient (Wildman–Crippen LogP) is 18.1. The van der Waals surface area contributed by atoms with Gasteiger partial charge in [0.05, 0.1) is 26.4 Å². The van der Waals surface area contributed by atoms with Crippen LogP contribution in [0, 0.1) is 23.7 Å². The minimum absolute atomic E-state index is 0.104. The van der Waals surface area contributed by atoms with Crippen LogP contribution in [0.25, 0.3) is 0 Å². The molecule has 0 aliphatic heterocycles. The van der Waals surface area contributed by atoms with Gasteiger partial charge < -0.3 is 33.8 Å². The first-order valence-corrected chi connectivity index (χ1v) is 37.2. The fourth-order valence-corrected chi connectivity index (χ4v) is 11.3. The average molecular weight is 1260 g/mol. The monoisotopic (exact) mass is 1250 g/mol. The molecule has 0 aliphatic rings. The molecule has 0 rings (SSSR count). The van der Waals surface area contributed by atoms with Crippen molar-refractivity contribution in [1.29, 1.82) is 0 Å². The Hall–Kier alpha value is -1.94. The standard InChI is InChI=1S/C66H128O17P2/c1-9-59(8)45-37-29-23-25-31-39-47-64(69)77-53-62(83-66(71)49-41-33-21-17-13-15-19-27-35-43-57(4)5)55-81-85(74,75)79-51-60(67)50-78-84(72,73)80-54-61(52-76-63(68)46-38-30-24-22-28-36-44-58(6)7)82-65(70)48-40-32-20-16-12-10-11-14-18-26-34-42-56(2)3/h56-62,67H,9-55H2,1-8H3,(H,72,73)(H,74,75)/t59?,60-,61-,62-/m1/s1. The number of rotatable bonds is 63. The van der Waals surface area contributed by atoms with Gasteiger partial charge in [0.1, 0.15) is 19.3 Å². The first-order valence-electron chi connectivity index (χ1n) is 34.2. The third-order valence-electron chi connectivity index (χ3n) is 15.4. The summed E-state index contributed by atoms with van der Waals surface area (Å²) >= 11 is 0. The third kappa shape index (κ3) is 59.5. The highest BCUT2D eigenvalue weighted by atomic mass is 31.2. The van der Waals surface area contributed by atoms with E-state index in [1.54, 1.807) is 0 Å². The van der Waals surface area contributed by atoms with Crippen molar-refractivity contribution in [2.24, 2.45) is 23.7 Å². The molecule has 85 heavy (non-hydrogen) atoms. The zero-order valence-electron chi connectivity index (χ0n) is 55.2. The minimum atomic E-state index is -4.95. The van der Waals surface area contributed by atoms with E-state index >= 15 is 0 Å². The second-order valence-corrected chi connectivity index (χ2v) is 28.4. The van der Waals surface area contributed by atoms with Gasteiger partial charge in [-0.1, -0.05) is 267 Å². The molecule has 6 atom stereocenters. The second kappa shape index (κ2) is 56.1. The van der Waals surface area contributed by atoms with Crippen LogP contribution in [0.1, 0.15) is 319 Å². The number of aliphatic hydroxyl groups is 1. The van der Waals surface area contributed by atoms with E-state index in [-0.39, 0.29) is 25.7 Å². The van der Waals surface area contributed by atoms with Crippen molar-refractivity contribution in [2.75, 3.05) is 39.6 Å². The Morgan fingerprint density at radius 2 is 0.565 bits per heavy atom. The van der Waals surface area contributed by atoms with Crippen LogP contribution in [0.4, 0.5) is 0 Å². The fraction of sp³-hybridized carbons (Fsp3) is 0.939. The Kier molecular flexibility index (Phi) is 54.8. The lowest BCUT2D eigenvalue weighted by Crippen LogP contribution is -2.30. The van der Waals surface area contributed by atoms with Crippen LogP contribution in [0.2, 0.25) is 0 Å². The van der Waals surface area contributed by atoms with Crippen LogP contribution in [-0.4, -0.2) is 96.7 Å². The number of unbranched alkanes of at least 4 members (excludes halogenated alkanes) is 28. The SMILES string of the molecule is CCC(C)CCCCCCCCC(=O)OC[C@H](COP(=O)(O)OC[C@H](O)COP(=O)(O)OC[C@@H](COC(=O)CCCCCCCCC(C)C)OC(=O)CCCCCCCCCCCCCC(C)C)OC(=O)CCCCCCCCCCCC(C)C. The summed E-state index contributed by atoms with van der Waals surface area (Å²) in [4.78, 5) is 72.3. The van der Waals surface area contributed by atoms with Crippen molar-refractivity contribution in [1.82, 2.24) is 0 Å². The maximum Gasteiger partial charge on any atom is 0.472 e. The summed E-state index contributed by atoms with van der Waals surface area (Å²) < 4.78 is 68.1. The molecule has 504 valence electrons. The number of esters is 4. The van der Waals surface area contributed by atoms with E-state index in [1.807, 2.05) is 0 Å². The van der Waals surface area contributed by atoms with Gasteiger partial charge in [0.15, 0.2) is 12.2 Å². The molecule has 17 nitrogen and oxygen atoms in total. The van der Waals surface area contributed by atoms with Crippen molar-refractivity contribution >= 4 is 39.5 Å². The summed E-state index contributed by atoms with van der Waals surface area (Å²) in [6.45, 7) is 14.0. The number of carbonyl (C=O) groups is 4. The van der Waals surface area contributed by atoms with Crippen molar-refractivity contribution in [2.45, 2.75) is 337 Å². The topological polar surface area (TPSA) is 237 Å². The maximum absolute atomic E-state index is 13.0. The van der Waals surface area contributed by atoms with E-state index in [2.05, 4.69) is 55.4 Å². The molecule has 0 fully saturated rings. The zero-order valence-corrected chi connectivity index (χ0v) is 57.0. The molecular formula is C66H128O17P2. The van der Waals surface area contributed by atoms with Gasteiger partial charge >= 0.3 is 39.5 Å². The number of phosphoric acid groups is 2. The number of phosphoric ester groups is 2. The van der Waals surface area contributed by atoms with Gasteiger partial charge in [0, 0.05) is 25.7 Å². The van der Waals surface area contributed by atoms with Gasteiger partial charge in [-0.3, -0.25) is 37.3 Å². The molecule has 0 amide bonds. The lowest BCUT2D eigenvalue weighted by atomic mass is 10.00. The largest absolute Gasteiger partial charge is 0.472 e. The first-order chi connectivity index (χ1) is 40.6. The molecule has 0 spiro atoms. The zero-order chi connectivity index (χ0) is 63.2. The minimum Gasteiger partial charge on any atom is -0.462 e. The third-order valence-corrected chi connectivity index (χ3v) is 17.3. The molecule has 0 heterocycles. The molecule has 19 heteroatoms. The molecule has 0 aliphatic carbocycles. The van der Waals surface area contributed by atoms with Crippen LogP contribution in [0.15, 0.2) is 0 Å². The molecule has 0 saturated carbocycles. The van der Waals surface area contributed by atoms with Crippen molar-refractivity contribution in [3.63, 3.8) is 0 Å². The Morgan fingerprint density at radius 3 is 0.835 bits per heavy atom. The van der Waals surface area contributed by atoms with E-state index in [0.717, 1.165) is 120 Å². The second-order valence-electron chi connectivity index (χ2n) is 25.5. The molecule has 0 saturated heterocycles. The summed E-state index contributed by atoms with van der Waals surface area (Å²) in [7, 11) is -9.89. The van der Waals surface area contributed by atoms with Crippen LogP contribution in [0.3, 0.4) is 0 Å². The van der Waals surface area contributed by atoms with Gasteiger partial charge in [-0.15, -0.1) is 0 Å². The van der Waals surface area contributed by atoms with E-state index in [0.29, 0.717) is 31.6 Å². The number of carbonyl (C=O) groups excluding carboxylic acids is 4. The number of hydrogen-bond donors (Lipinski definition) is 3. The highest BCUT2D eigenvalue weighted by Gasteiger charge is 2.30. The van der Waals surface area contributed by atoms with Crippen LogP contribution < -0.4 is 0 Å². The molecule has 0 radical (unpaired) electrons. The average Bonchev–Trinajstić information content (AvgIpc) is 3.63. The smallest absolute Gasteiger partial charge is 0.462 e. The Labute approximate surface area is 517 Å². The number of hydrogen-bond acceptors (Lipinski definition) is 15. The van der Waals surface area contributed by atoms with Gasteiger partial charge in [0.2, 0.25) is 0 Å². The summed E-state index contributed by atoms with van der Waals surface area (Å²) in [5, 5.41) is 10.5. The molecule has 3 unspecified atom stereocenters. The Morgan fingerprint density at radius 1 is 0.329 bits per heavy atom. The number of aliphatic hydroxyl groups excluding tert-OH is 1. The molecule has 0 aromatic heterocycles. The van der Waals surface area contributed by atoms with E-state index < -0.39 is 97.5 Å². The number of ether oxygens (including phenoxy) is 4. The van der Waals surface area contributed by atoms with Gasteiger partial charge in [-0.2, -0.15) is 0 Å². The van der Waals surface area contributed by atoms with Crippen LogP contribution in [0.5, 0.6) is 0 Å². The highest BCUT2D eigenvalue weighted by molar-refractivity contribution is 7.47. The van der Waals surface area contributed by atoms with Gasteiger partial charge in [0.25, 0.3) is 0 Å². The molecule has 0 bridgehead atoms. The quantitative estimate of drug-likeness (QED) is 0.0222. The summed E-state index contributed by atoms with van der Waals surface area (Å²) in [6, 6.07) is 0. The highest BCUT2D eigenvalue weighted by Crippen LogP contribution is 2.45. The van der Waals surface area contributed by atoms with E-state index in [4.69, 9.17) is 37.0 Å². The molecular weight excluding hydrogens is 1130 g/mol. The Balaban J connectivity index is 5.25. The summed E-state index contributed by atoms with van der Waals surface area (Å²) in [6.07, 6.45) is 36.4. The first kappa shape index (κ1) is 83.1. The summed E-state index contributed by atoms with van der Waals surface area (Å²) in [5.74, 6) is 0.774. The van der Waals surface area contributed by atoms with Crippen molar-refractivity contribution < 1.29 is 80.2 Å². The normalized spacial score (nSPS) is 14.7. The molecule has 0 aromatic rings.